The second-order valence-electron chi connectivity index (χ2n) is 7.50. The molecule has 4 rings (SSSR count). The molecule has 2 aliphatic rings. The molecule has 1 aliphatic carbocycles. The Balaban J connectivity index is 1.69. The van der Waals surface area contributed by atoms with E-state index in [0.717, 1.165) is 38.1 Å². The summed E-state index contributed by atoms with van der Waals surface area (Å²) in [5.74, 6) is -0.381. The Kier molecular flexibility index (Phi) is 5.29. The Morgan fingerprint density at radius 1 is 1.27 bits per heavy atom. The van der Waals surface area contributed by atoms with Gasteiger partial charge in [-0.25, -0.2) is 9.79 Å². The topological polar surface area (TPSA) is 101 Å². The molecule has 0 unspecified atom stereocenters. The fourth-order valence-electron chi connectivity index (χ4n) is 3.43. The van der Waals surface area contributed by atoms with Crippen molar-refractivity contribution in [3.63, 3.8) is 0 Å². The normalized spacial score (nSPS) is 16.3. The molecule has 0 radical (unpaired) electrons. The Bertz CT molecular complexity index is 1300. The number of rotatable bonds is 5. The summed E-state index contributed by atoms with van der Waals surface area (Å²) >= 11 is 5.32. The highest BCUT2D eigenvalue weighted by molar-refractivity contribution is 7.80. The highest BCUT2D eigenvalue weighted by Crippen LogP contribution is 2.23. The van der Waals surface area contributed by atoms with Crippen LogP contribution in [-0.4, -0.2) is 31.9 Å². The fraction of sp³-hybridized carbons (Fsp3) is 0.333. The third kappa shape index (κ3) is 3.80. The third-order valence-electron chi connectivity index (χ3n) is 5.30. The molecular weight excluding hydrogens is 402 g/mol. The van der Waals surface area contributed by atoms with E-state index in [2.05, 4.69) is 15.6 Å². The zero-order valence-corrected chi connectivity index (χ0v) is 17.6. The van der Waals surface area contributed by atoms with Gasteiger partial charge in [-0.3, -0.25) is 13.9 Å². The number of hydrogen-bond donors (Lipinski definition) is 3. The van der Waals surface area contributed by atoms with Crippen LogP contribution in [0.25, 0.3) is 11.6 Å². The van der Waals surface area contributed by atoms with E-state index < -0.39 is 11.2 Å². The molecule has 1 fully saturated rings. The van der Waals surface area contributed by atoms with Crippen molar-refractivity contribution in [3.8, 4) is 5.88 Å². The summed E-state index contributed by atoms with van der Waals surface area (Å²) in [5, 5.41) is 19.3. The minimum atomic E-state index is -0.587. The second kappa shape index (κ2) is 7.91. The van der Waals surface area contributed by atoms with Crippen molar-refractivity contribution in [1.29, 1.82) is 0 Å². The van der Waals surface area contributed by atoms with E-state index in [1.807, 2.05) is 24.3 Å². The lowest BCUT2D eigenvalue weighted by Crippen LogP contribution is -2.38. The van der Waals surface area contributed by atoms with Crippen molar-refractivity contribution in [2.45, 2.75) is 25.3 Å². The van der Waals surface area contributed by atoms with Crippen molar-refractivity contribution >= 4 is 29.0 Å². The molecule has 0 saturated heterocycles. The summed E-state index contributed by atoms with van der Waals surface area (Å²) in [5.41, 5.74) is 0.410. The van der Waals surface area contributed by atoms with Gasteiger partial charge in [-0.05, 0) is 49.2 Å². The number of nitrogens with zero attached hydrogens (tertiary/aromatic N) is 3. The number of fused-ring (bicyclic) bond motifs is 1. The highest BCUT2D eigenvalue weighted by atomic mass is 32.1. The SMILES string of the molecule is Cn1c(O)c(C=C2N=c3ccccc3=C2CCNC(=S)NC2CC2)c(=O)n(C)c1=O. The molecule has 3 N–H and O–H groups in total. The number of para-hydroxylation sites is 1. The van der Waals surface area contributed by atoms with Crippen LogP contribution in [0.5, 0.6) is 5.88 Å². The van der Waals surface area contributed by atoms with Gasteiger partial charge in [0.05, 0.1) is 11.1 Å². The highest BCUT2D eigenvalue weighted by Gasteiger charge is 2.22. The number of aromatic hydroxyl groups is 1. The summed E-state index contributed by atoms with van der Waals surface area (Å²) in [6, 6.07) is 8.21. The van der Waals surface area contributed by atoms with E-state index in [1.165, 1.54) is 14.1 Å². The van der Waals surface area contributed by atoms with Crippen LogP contribution >= 0.6 is 12.2 Å². The minimum absolute atomic E-state index is 0.0301. The smallest absolute Gasteiger partial charge is 0.333 e. The van der Waals surface area contributed by atoms with Crippen molar-refractivity contribution in [1.82, 2.24) is 19.8 Å². The maximum absolute atomic E-state index is 12.6. The monoisotopic (exact) mass is 425 g/mol. The molecule has 2 heterocycles. The van der Waals surface area contributed by atoms with Gasteiger partial charge in [-0.15, -0.1) is 0 Å². The van der Waals surface area contributed by atoms with Gasteiger partial charge >= 0.3 is 5.69 Å². The van der Waals surface area contributed by atoms with Gasteiger partial charge < -0.3 is 15.7 Å². The Hall–Kier alpha value is -3.20. The van der Waals surface area contributed by atoms with Gasteiger partial charge in [0.25, 0.3) is 5.56 Å². The summed E-state index contributed by atoms with van der Waals surface area (Å²) < 4.78 is 2.01. The minimum Gasteiger partial charge on any atom is -0.494 e. The first-order valence-electron chi connectivity index (χ1n) is 9.79. The van der Waals surface area contributed by atoms with Crippen LogP contribution in [-0.2, 0) is 14.1 Å². The van der Waals surface area contributed by atoms with Gasteiger partial charge in [0, 0.05) is 31.9 Å². The number of aromatic nitrogens is 2. The lowest BCUT2D eigenvalue weighted by atomic mass is 10.1. The van der Waals surface area contributed by atoms with E-state index in [-0.39, 0.29) is 11.4 Å². The van der Waals surface area contributed by atoms with E-state index in [0.29, 0.717) is 29.8 Å². The molecule has 9 heteroatoms. The van der Waals surface area contributed by atoms with Crippen molar-refractivity contribution < 1.29 is 5.11 Å². The van der Waals surface area contributed by atoms with Crippen LogP contribution in [0.3, 0.4) is 0 Å². The lowest BCUT2D eigenvalue weighted by Gasteiger charge is -2.11. The summed E-state index contributed by atoms with van der Waals surface area (Å²) in [4.78, 5) is 29.3. The number of benzene rings is 1. The zero-order chi connectivity index (χ0) is 21.4. The quantitative estimate of drug-likeness (QED) is 0.566. The van der Waals surface area contributed by atoms with Gasteiger partial charge in [-0.2, -0.15) is 0 Å². The van der Waals surface area contributed by atoms with Crippen LogP contribution in [0.1, 0.15) is 24.8 Å². The van der Waals surface area contributed by atoms with Crippen molar-refractivity contribution in [3.05, 3.63) is 66.9 Å². The molecule has 1 aromatic carbocycles. The first-order chi connectivity index (χ1) is 14.4. The molecular formula is C21H23N5O3S. The Morgan fingerprint density at radius 2 is 2.00 bits per heavy atom. The second-order valence-corrected chi connectivity index (χ2v) is 7.91. The molecule has 30 heavy (non-hydrogen) atoms. The van der Waals surface area contributed by atoms with Gasteiger partial charge in [0.15, 0.2) is 5.11 Å². The fourth-order valence-corrected chi connectivity index (χ4v) is 3.70. The molecule has 0 spiro atoms. The van der Waals surface area contributed by atoms with Crippen LogP contribution < -0.4 is 32.5 Å². The first-order valence-corrected chi connectivity index (χ1v) is 10.2. The molecule has 1 aliphatic heterocycles. The first kappa shape index (κ1) is 20.1. The average molecular weight is 426 g/mol. The van der Waals surface area contributed by atoms with E-state index >= 15 is 0 Å². The number of thiocarbonyl (C=S) groups is 1. The average Bonchev–Trinajstić information content (AvgIpc) is 3.48. The van der Waals surface area contributed by atoms with Crippen LogP contribution in [0.4, 0.5) is 0 Å². The third-order valence-corrected chi connectivity index (χ3v) is 5.56. The maximum Gasteiger partial charge on any atom is 0.333 e. The predicted octanol–water partition coefficient (Wildman–Crippen LogP) is -0.369. The lowest BCUT2D eigenvalue weighted by molar-refractivity contribution is 0.410. The molecule has 0 bridgehead atoms. The van der Waals surface area contributed by atoms with Gasteiger partial charge in [-0.1, -0.05) is 18.2 Å². The predicted molar refractivity (Wildman–Crippen MR) is 119 cm³/mol. The molecule has 8 nitrogen and oxygen atoms in total. The largest absolute Gasteiger partial charge is 0.494 e. The Morgan fingerprint density at radius 3 is 2.73 bits per heavy atom. The summed E-state index contributed by atoms with van der Waals surface area (Å²) in [6.45, 7) is 0.604. The van der Waals surface area contributed by atoms with Crippen LogP contribution in [0.15, 0.2) is 44.5 Å². The van der Waals surface area contributed by atoms with Crippen LogP contribution in [0.2, 0.25) is 0 Å². The van der Waals surface area contributed by atoms with Crippen molar-refractivity contribution in [2.75, 3.05) is 6.54 Å². The molecule has 0 amide bonds. The van der Waals surface area contributed by atoms with E-state index in [1.54, 1.807) is 6.08 Å². The molecule has 2 aromatic rings. The molecule has 156 valence electrons. The Labute approximate surface area is 177 Å². The number of allylic oxidation sites excluding steroid dienone is 1. The number of nitrogens with one attached hydrogen (secondary N) is 2. The standard InChI is InChI=1S/C21H23N5O3S/c1-25-18(27)15(19(28)26(2)21(25)29)11-17-14(13-5-3-4-6-16(13)24-17)9-10-22-20(30)23-12-7-8-12/h3-6,11-12,27H,7-10H2,1-2H3,(H2,22,23,30). The van der Waals surface area contributed by atoms with E-state index in [4.69, 9.17) is 12.2 Å². The van der Waals surface area contributed by atoms with Gasteiger partial charge in [0.2, 0.25) is 5.88 Å². The summed E-state index contributed by atoms with van der Waals surface area (Å²) in [6.07, 6.45) is 4.48. The molecule has 0 atom stereocenters. The number of hydrogen-bond acceptors (Lipinski definition) is 5. The van der Waals surface area contributed by atoms with E-state index in [9.17, 15) is 14.7 Å². The van der Waals surface area contributed by atoms with Gasteiger partial charge in [0.1, 0.15) is 5.56 Å². The molecule has 1 aromatic heterocycles. The molecule has 1 saturated carbocycles. The summed E-state index contributed by atoms with van der Waals surface area (Å²) in [7, 11) is 2.80. The maximum atomic E-state index is 12.6. The van der Waals surface area contributed by atoms with Crippen molar-refractivity contribution in [2.24, 2.45) is 19.1 Å². The van der Waals surface area contributed by atoms with Crippen LogP contribution in [0, 0.1) is 0 Å². The zero-order valence-electron chi connectivity index (χ0n) is 16.8.